The molecule has 1 aromatic carbocycles. The number of carbonyl (C=O) groups is 1. The number of benzene rings is 1. The first-order valence-electron chi connectivity index (χ1n) is 6.81. The number of carbonyl (C=O) groups excluding carboxylic acids is 1. The van der Waals surface area contributed by atoms with Gasteiger partial charge in [-0.1, -0.05) is 25.4 Å². The Morgan fingerprint density at radius 3 is 2.60 bits per heavy atom. The van der Waals surface area contributed by atoms with Crippen LogP contribution >= 0.6 is 11.6 Å². The third-order valence-corrected chi connectivity index (χ3v) is 3.12. The number of nitrogens with two attached hydrogens (primary N) is 1. The first-order chi connectivity index (χ1) is 9.29. The van der Waals surface area contributed by atoms with Gasteiger partial charge in [0.1, 0.15) is 6.10 Å². The molecule has 0 aliphatic heterocycles. The topological polar surface area (TPSA) is 64.3 Å². The Labute approximate surface area is 125 Å². The monoisotopic (exact) mass is 298 g/mol. The first-order valence-corrected chi connectivity index (χ1v) is 7.18. The molecule has 0 aliphatic carbocycles. The van der Waals surface area contributed by atoms with Gasteiger partial charge in [-0.25, -0.2) is 0 Å². The number of nitrogen functional groups attached to an aromatic ring is 1. The van der Waals surface area contributed by atoms with E-state index >= 15 is 0 Å². The molecule has 2 unspecified atom stereocenters. The lowest BCUT2D eigenvalue weighted by atomic mass is 10.1. The molecule has 1 amide bonds. The Balaban J connectivity index is 2.59. The van der Waals surface area contributed by atoms with Gasteiger partial charge < -0.3 is 15.8 Å². The fourth-order valence-corrected chi connectivity index (χ4v) is 2.17. The molecule has 2 atom stereocenters. The van der Waals surface area contributed by atoms with Crippen molar-refractivity contribution in [2.45, 2.75) is 46.3 Å². The summed E-state index contributed by atoms with van der Waals surface area (Å²) in [4.78, 5) is 12.1. The third kappa shape index (κ3) is 5.39. The molecule has 0 spiro atoms. The van der Waals surface area contributed by atoms with E-state index in [9.17, 15) is 4.79 Å². The zero-order valence-corrected chi connectivity index (χ0v) is 13.2. The van der Waals surface area contributed by atoms with Crippen LogP contribution in [-0.2, 0) is 9.53 Å². The van der Waals surface area contributed by atoms with E-state index in [1.165, 1.54) is 0 Å². The summed E-state index contributed by atoms with van der Waals surface area (Å²) in [5.74, 6) is 0.304. The van der Waals surface area contributed by atoms with Crippen molar-refractivity contribution in [3.05, 3.63) is 23.2 Å². The van der Waals surface area contributed by atoms with Crippen LogP contribution in [0.3, 0.4) is 0 Å². The molecule has 4 nitrogen and oxygen atoms in total. The molecule has 20 heavy (non-hydrogen) atoms. The van der Waals surface area contributed by atoms with Crippen molar-refractivity contribution >= 4 is 28.9 Å². The van der Waals surface area contributed by atoms with Crippen LogP contribution < -0.4 is 11.1 Å². The van der Waals surface area contributed by atoms with Crippen LogP contribution in [0.25, 0.3) is 0 Å². The summed E-state index contributed by atoms with van der Waals surface area (Å²) in [6, 6.07) is 4.96. The van der Waals surface area contributed by atoms with Gasteiger partial charge >= 0.3 is 0 Å². The SMILES string of the molecule is CC(C)CC(C)OC(C)C(=O)Nc1cc(Cl)ccc1N. The molecular formula is C15H23ClN2O2. The highest BCUT2D eigenvalue weighted by atomic mass is 35.5. The lowest BCUT2D eigenvalue weighted by molar-refractivity contribution is -0.129. The smallest absolute Gasteiger partial charge is 0.253 e. The summed E-state index contributed by atoms with van der Waals surface area (Å²) in [6.45, 7) is 7.94. The summed E-state index contributed by atoms with van der Waals surface area (Å²) in [5, 5.41) is 3.26. The quantitative estimate of drug-likeness (QED) is 0.787. The highest BCUT2D eigenvalue weighted by Crippen LogP contribution is 2.23. The van der Waals surface area contributed by atoms with E-state index in [1.54, 1.807) is 25.1 Å². The number of nitrogens with one attached hydrogen (secondary N) is 1. The maximum absolute atomic E-state index is 12.1. The number of hydrogen-bond acceptors (Lipinski definition) is 3. The second-order valence-electron chi connectivity index (χ2n) is 5.44. The number of rotatable bonds is 6. The molecule has 0 aromatic heterocycles. The summed E-state index contributed by atoms with van der Waals surface area (Å²) < 4.78 is 5.68. The molecule has 0 radical (unpaired) electrons. The molecule has 0 fully saturated rings. The van der Waals surface area contributed by atoms with Crippen LogP contribution in [0.5, 0.6) is 0 Å². The molecule has 1 aromatic rings. The van der Waals surface area contributed by atoms with Crippen LogP contribution in [-0.4, -0.2) is 18.1 Å². The molecule has 0 bridgehead atoms. The highest BCUT2D eigenvalue weighted by Gasteiger charge is 2.18. The van der Waals surface area contributed by atoms with Gasteiger partial charge in [0.05, 0.1) is 17.5 Å². The van der Waals surface area contributed by atoms with Crippen molar-refractivity contribution in [3.63, 3.8) is 0 Å². The Morgan fingerprint density at radius 2 is 2.00 bits per heavy atom. The van der Waals surface area contributed by atoms with Gasteiger partial charge in [-0.3, -0.25) is 4.79 Å². The molecule has 0 saturated heterocycles. The first kappa shape index (κ1) is 16.8. The molecule has 3 N–H and O–H groups in total. The number of halogens is 1. The van der Waals surface area contributed by atoms with Crippen LogP contribution in [0.15, 0.2) is 18.2 Å². The number of anilines is 2. The van der Waals surface area contributed by atoms with Crippen LogP contribution in [0.2, 0.25) is 5.02 Å². The minimum absolute atomic E-state index is 0.0347. The Morgan fingerprint density at radius 1 is 1.35 bits per heavy atom. The Hall–Kier alpha value is -1.26. The van der Waals surface area contributed by atoms with Crippen molar-refractivity contribution in [2.75, 3.05) is 11.1 Å². The maximum Gasteiger partial charge on any atom is 0.253 e. The zero-order valence-electron chi connectivity index (χ0n) is 12.4. The predicted molar refractivity (Wildman–Crippen MR) is 84.0 cm³/mol. The van der Waals surface area contributed by atoms with Gasteiger partial charge in [-0.15, -0.1) is 0 Å². The van der Waals surface area contributed by atoms with Gasteiger partial charge in [-0.05, 0) is 44.4 Å². The fraction of sp³-hybridized carbons (Fsp3) is 0.533. The lowest BCUT2D eigenvalue weighted by Gasteiger charge is -2.20. The van der Waals surface area contributed by atoms with Crippen molar-refractivity contribution in [1.29, 1.82) is 0 Å². The predicted octanol–water partition coefficient (Wildman–Crippen LogP) is 3.70. The van der Waals surface area contributed by atoms with E-state index in [0.717, 1.165) is 6.42 Å². The standard InChI is InChI=1S/C15H23ClN2O2/c1-9(2)7-10(3)20-11(4)15(19)18-14-8-12(16)5-6-13(14)17/h5-6,8-11H,7,17H2,1-4H3,(H,18,19). The van der Waals surface area contributed by atoms with Gasteiger partial charge in [-0.2, -0.15) is 0 Å². The molecule has 1 rings (SSSR count). The van der Waals surface area contributed by atoms with Crippen molar-refractivity contribution in [2.24, 2.45) is 5.92 Å². The maximum atomic E-state index is 12.1. The minimum atomic E-state index is -0.540. The van der Waals surface area contributed by atoms with E-state index < -0.39 is 6.10 Å². The molecule has 112 valence electrons. The van der Waals surface area contributed by atoms with Crippen molar-refractivity contribution in [3.8, 4) is 0 Å². The van der Waals surface area contributed by atoms with E-state index in [-0.39, 0.29) is 12.0 Å². The Kier molecular flexibility index (Phi) is 6.30. The molecule has 0 saturated carbocycles. The largest absolute Gasteiger partial charge is 0.397 e. The highest BCUT2D eigenvalue weighted by molar-refractivity contribution is 6.31. The van der Waals surface area contributed by atoms with Gasteiger partial charge in [0.25, 0.3) is 5.91 Å². The normalized spacial score (nSPS) is 14.1. The Bertz CT molecular complexity index is 463. The van der Waals surface area contributed by atoms with Crippen molar-refractivity contribution < 1.29 is 9.53 Å². The van der Waals surface area contributed by atoms with Gasteiger partial charge in [0.2, 0.25) is 0 Å². The third-order valence-electron chi connectivity index (χ3n) is 2.88. The molecule has 5 heteroatoms. The fourth-order valence-electron chi connectivity index (χ4n) is 2.00. The number of hydrogen-bond donors (Lipinski definition) is 2. The summed E-state index contributed by atoms with van der Waals surface area (Å²) >= 11 is 5.88. The average Bonchev–Trinajstić information content (AvgIpc) is 2.32. The van der Waals surface area contributed by atoms with E-state index in [1.807, 2.05) is 6.92 Å². The molecule has 0 aliphatic rings. The van der Waals surface area contributed by atoms with E-state index in [2.05, 4.69) is 19.2 Å². The average molecular weight is 299 g/mol. The van der Waals surface area contributed by atoms with Gasteiger partial charge in [0.15, 0.2) is 0 Å². The van der Waals surface area contributed by atoms with Gasteiger partial charge in [0, 0.05) is 5.02 Å². The second kappa shape index (κ2) is 7.50. The minimum Gasteiger partial charge on any atom is -0.397 e. The van der Waals surface area contributed by atoms with Crippen LogP contribution in [0.4, 0.5) is 11.4 Å². The van der Waals surface area contributed by atoms with Crippen molar-refractivity contribution in [1.82, 2.24) is 0 Å². The molecule has 0 heterocycles. The molecular weight excluding hydrogens is 276 g/mol. The van der Waals surface area contributed by atoms with Crippen LogP contribution in [0.1, 0.15) is 34.1 Å². The number of amides is 1. The summed E-state index contributed by atoms with van der Waals surface area (Å²) in [6.07, 6.45) is 0.409. The lowest BCUT2D eigenvalue weighted by Crippen LogP contribution is -2.31. The zero-order chi connectivity index (χ0) is 15.3. The number of ether oxygens (including phenoxy) is 1. The van der Waals surface area contributed by atoms with E-state index in [0.29, 0.717) is 22.3 Å². The second-order valence-corrected chi connectivity index (χ2v) is 5.88. The van der Waals surface area contributed by atoms with Crippen LogP contribution in [0, 0.1) is 5.92 Å². The summed E-state index contributed by atoms with van der Waals surface area (Å²) in [5.41, 5.74) is 6.78. The van der Waals surface area contributed by atoms with E-state index in [4.69, 9.17) is 22.1 Å². The summed E-state index contributed by atoms with van der Waals surface area (Å²) in [7, 11) is 0.